The summed E-state index contributed by atoms with van der Waals surface area (Å²) in [5.74, 6) is 0.103. The second kappa shape index (κ2) is 5.82. The van der Waals surface area contributed by atoms with Gasteiger partial charge in [0.2, 0.25) is 0 Å². The predicted molar refractivity (Wildman–Crippen MR) is 68.1 cm³/mol. The summed E-state index contributed by atoms with van der Waals surface area (Å²) in [6.45, 7) is 1.89. The van der Waals surface area contributed by atoms with Crippen LogP contribution >= 0.6 is 0 Å². The minimum absolute atomic E-state index is 0.0467. The number of aryl methyl sites for hydroxylation is 2. The first kappa shape index (κ1) is 13.7. The predicted octanol–water partition coefficient (Wildman–Crippen LogP) is 0.851. The summed E-state index contributed by atoms with van der Waals surface area (Å²) in [6.07, 6.45) is 0.501. The number of benzene rings is 1. The van der Waals surface area contributed by atoms with E-state index in [1.807, 2.05) is 13.0 Å². The van der Waals surface area contributed by atoms with Crippen LogP contribution in [0.4, 0.5) is 0 Å². The van der Waals surface area contributed by atoms with Crippen LogP contribution in [0.2, 0.25) is 0 Å². The molecule has 17 heavy (non-hydrogen) atoms. The Morgan fingerprint density at radius 2 is 1.94 bits per heavy atom. The van der Waals surface area contributed by atoms with Gasteiger partial charge >= 0.3 is 0 Å². The summed E-state index contributed by atoms with van der Waals surface area (Å²) in [7, 11) is 1.06. The zero-order valence-corrected chi connectivity index (χ0v) is 11.2. The molecule has 0 atom stereocenters. The van der Waals surface area contributed by atoms with Crippen molar-refractivity contribution >= 4 is 16.6 Å². The van der Waals surface area contributed by atoms with E-state index >= 15 is 0 Å². The minimum atomic E-state index is -2.34. The molecule has 0 N–H and O–H groups in total. The maximum absolute atomic E-state index is 11.7. The van der Waals surface area contributed by atoms with E-state index < -0.39 is 10.7 Å². The van der Waals surface area contributed by atoms with Crippen molar-refractivity contribution in [1.82, 2.24) is 4.90 Å². The van der Waals surface area contributed by atoms with Gasteiger partial charge in [0.1, 0.15) is 10.7 Å². The van der Waals surface area contributed by atoms with Crippen LogP contribution in [0.3, 0.4) is 0 Å². The van der Waals surface area contributed by atoms with E-state index in [0.717, 1.165) is 11.1 Å². The van der Waals surface area contributed by atoms with Crippen molar-refractivity contribution in [3.05, 3.63) is 34.9 Å². The highest BCUT2D eigenvalue weighted by Crippen LogP contribution is 2.13. The molecule has 1 aromatic rings. The van der Waals surface area contributed by atoms with E-state index in [0.29, 0.717) is 12.0 Å². The lowest BCUT2D eigenvalue weighted by atomic mass is 10.0. The van der Waals surface area contributed by atoms with Gasteiger partial charge in [0.15, 0.2) is 0 Å². The molecule has 0 bridgehead atoms. The highest BCUT2D eigenvalue weighted by Gasteiger charge is 2.09. The molecule has 0 saturated carbocycles. The molecule has 0 saturated heterocycles. The molecule has 1 rings (SSSR count). The number of amides is 1. The number of carbonyl (C=O) groups is 1. The molecular formula is C12H17NO3S. The first-order valence-corrected chi connectivity index (χ1v) is 6.71. The molecule has 1 aromatic carbocycles. The van der Waals surface area contributed by atoms with Crippen LogP contribution in [0.25, 0.3) is 0 Å². The van der Waals surface area contributed by atoms with E-state index in [4.69, 9.17) is 0 Å². The van der Waals surface area contributed by atoms with Gasteiger partial charge in [-0.2, -0.15) is 0 Å². The molecule has 0 aliphatic heterocycles. The third-order valence-corrected chi connectivity index (χ3v) is 3.15. The molecule has 1 amide bonds. The first-order chi connectivity index (χ1) is 7.91. The number of nitrogens with zero attached hydrogens (tertiary/aromatic N) is 1. The smallest absolute Gasteiger partial charge is 0.253 e. The van der Waals surface area contributed by atoms with Gasteiger partial charge in [-0.15, -0.1) is 0 Å². The lowest BCUT2D eigenvalue weighted by Crippen LogP contribution is -2.21. The molecular weight excluding hydrogens is 238 g/mol. The van der Waals surface area contributed by atoms with Crippen LogP contribution in [0.1, 0.15) is 21.5 Å². The van der Waals surface area contributed by atoms with Crippen LogP contribution in [0.15, 0.2) is 18.2 Å². The minimum Gasteiger partial charge on any atom is -0.345 e. The molecule has 0 spiro atoms. The zero-order chi connectivity index (χ0) is 13.0. The third-order valence-electron chi connectivity index (χ3n) is 2.56. The van der Waals surface area contributed by atoms with E-state index in [1.54, 1.807) is 26.2 Å². The molecule has 0 aliphatic carbocycles. The summed E-state index contributed by atoms with van der Waals surface area (Å²) in [6, 6.07) is 5.36. The second-order valence-corrected chi connectivity index (χ2v) is 5.26. The van der Waals surface area contributed by atoms with Gasteiger partial charge in [-0.05, 0) is 36.6 Å². The van der Waals surface area contributed by atoms with E-state index in [2.05, 4.69) is 0 Å². The maximum Gasteiger partial charge on any atom is 0.253 e. The van der Waals surface area contributed by atoms with Crippen molar-refractivity contribution in [3.63, 3.8) is 0 Å². The van der Waals surface area contributed by atoms with Crippen molar-refractivity contribution in [2.75, 3.05) is 19.8 Å². The summed E-state index contributed by atoms with van der Waals surface area (Å²) in [4.78, 5) is 13.2. The normalized spacial score (nSPS) is 10.6. The van der Waals surface area contributed by atoms with Crippen molar-refractivity contribution in [2.45, 2.75) is 13.3 Å². The topological polar surface area (TPSA) is 54.5 Å². The Labute approximate surface area is 103 Å². The van der Waals surface area contributed by atoms with Crippen molar-refractivity contribution in [1.29, 1.82) is 0 Å². The van der Waals surface area contributed by atoms with Gasteiger partial charge < -0.3 is 4.90 Å². The lowest BCUT2D eigenvalue weighted by Gasteiger charge is -2.12. The highest BCUT2D eigenvalue weighted by atomic mass is 32.2. The molecule has 4 nitrogen and oxygen atoms in total. The van der Waals surface area contributed by atoms with Crippen LogP contribution < -0.4 is 0 Å². The summed E-state index contributed by atoms with van der Waals surface area (Å²) < 4.78 is 21.0. The molecule has 0 fully saturated rings. The van der Waals surface area contributed by atoms with Crippen molar-refractivity contribution in [3.8, 4) is 0 Å². The quantitative estimate of drug-likeness (QED) is 0.812. The number of hydrogen-bond donors (Lipinski definition) is 1. The first-order valence-electron chi connectivity index (χ1n) is 5.35. The van der Waals surface area contributed by atoms with Crippen LogP contribution in [0.5, 0.6) is 0 Å². The monoisotopic (exact) mass is 255 g/mol. The van der Waals surface area contributed by atoms with Crippen molar-refractivity contribution in [2.24, 2.45) is 0 Å². The van der Waals surface area contributed by atoms with Crippen LogP contribution in [-0.4, -0.2) is 39.1 Å². The molecule has 0 unspecified atom stereocenters. The molecule has 0 aromatic heterocycles. The molecule has 94 valence electrons. The van der Waals surface area contributed by atoms with Gasteiger partial charge in [-0.3, -0.25) is 4.79 Å². The Kier molecular flexibility index (Phi) is 4.69. The Hall–Kier alpha value is -1.36. The van der Waals surface area contributed by atoms with E-state index in [1.165, 1.54) is 4.90 Å². The van der Waals surface area contributed by atoms with E-state index in [-0.39, 0.29) is 11.7 Å². The average Bonchev–Trinajstić information content (AvgIpc) is 2.26. The molecule has 0 radical (unpaired) electrons. The van der Waals surface area contributed by atoms with Crippen LogP contribution in [-0.2, 0) is 17.1 Å². The second-order valence-electron chi connectivity index (χ2n) is 4.15. The van der Waals surface area contributed by atoms with Gasteiger partial charge in [-0.25, -0.2) is 8.42 Å². The fourth-order valence-electron chi connectivity index (χ4n) is 1.58. The SMILES string of the molecule is Cc1cc(C(=O)N(C)C)ccc1CC[SH](=O)=O. The lowest BCUT2D eigenvalue weighted by molar-refractivity contribution is 0.0827. The van der Waals surface area contributed by atoms with Gasteiger partial charge in [0, 0.05) is 19.7 Å². The van der Waals surface area contributed by atoms with E-state index in [9.17, 15) is 13.2 Å². The number of carbonyl (C=O) groups excluding carboxylic acids is 1. The molecule has 0 heterocycles. The maximum atomic E-state index is 11.7. The largest absolute Gasteiger partial charge is 0.345 e. The Morgan fingerprint density at radius 3 is 2.41 bits per heavy atom. The highest BCUT2D eigenvalue weighted by molar-refractivity contribution is 7.72. The summed E-state index contributed by atoms with van der Waals surface area (Å²) in [5, 5.41) is 0. The average molecular weight is 255 g/mol. The zero-order valence-electron chi connectivity index (χ0n) is 10.3. The summed E-state index contributed by atoms with van der Waals surface area (Å²) in [5.41, 5.74) is 2.55. The fourth-order valence-corrected chi connectivity index (χ4v) is 2.00. The third kappa shape index (κ3) is 3.85. The fraction of sp³-hybridized carbons (Fsp3) is 0.417. The Morgan fingerprint density at radius 1 is 1.29 bits per heavy atom. The number of rotatable bonds is 4. The molecule has 0 aliphatic rings. The van der Waals surface area contributed by atoms with Gasteiger partial charge in [0.25, 0.3) is 5.91 Å². The molecule has 5 heteroatoms. The standard InChI is InChI=1S/C12H17NO3S/c1-9-8-11(12(14)13(2)3)5-4-10(9)6-7-17(15)16/h4-5,8,17H,6-7H2,1-3H3. The Balaban J connectivity index is 2.90. The van der Waals surface area contributed by atoms with Gasteiger partial charge in [-0.1, -0.05) is 6.07 Å². The number of thiol groups is 1. The summed E-state index contributed by atoms with van der Waals surface area (Å²) >= 11 is 0. The van der Waals surface area contributed by atoms with Gasteiger partial charge in [0.05, 0.1) is 5.75 Å². The van der Waals surface area contributed by atoms with Crippen molar-refractivity contribution < 1.29 is 13.2 Å². The number of hydrogen-bond acceptors (Lipinski definition) is 3. The van der Waals surface area contributed by atoms with Crippen LogP contribution in [0, 0.1) is 6.92 Å². The Bertz CT molecular complexity index is 485.